The molecule has 2 rings (SSSR count). The Kier molecular flexibility index (Phi) is 32.2. The number of ether oxygens (including phenoxy) is 6. The largest absolute Gasteiger partial charge is 2.00 e. The fourth-order valence-electron chi connectivity index (χ4n) is 2.14. The van der Waals surface area contributed by atoms with Crippen LogP contribution >= 0.6 is 0 Å². The van der Waals surface area contributed by atoms with E-state index in [-0.39, 0.29) is 66.3 Å². The second kappa shape index (κ2) is 26.7. The van der Waals surface area contributed by atoms with Crippen LogP contribution in [0.3, 0.4) is 0 Å². The zero-order chi connectivity index (χ0) is 20.5. The first-order valence-corrected chi connectivity index (χ1v) is 9.08. The van der Waals surface area contributed by atoms with Crippen molar-refractivity contribution in [1.29, 1.82) is 0 Å². The van der Waals surface area contributed by atoms with Gasteiger partial charge in [-0.1, -0.05) is 7.43 Å². The Balaban J connectivity index is -0.000000218. The maximum atomic E-state index is 5.49. The second-order valence-corrected chi connectivity index (χ2v) is 5.54. The molecule has 6 nitrogen and oxygen atoms in total. The number of benzene rings is 2. The molecule has 0 unspecified atom stereocenters. The summed E-state index contributed by atoms with van der Waals surface area (Å²) in [5.41, 5.74) is 0. The van der Waals surface area contributed by atoms with Crippen molar-refractivity contribution < 1.29 is 64.3 Å². The summed E-state index contributed by atoms with van der Waals surface area (Å²) in [4.78, 5) is 0. The maximum absolute atomic E-state index is 5.49. The first-order valence-electron chi connectivity index (χ1n) is 9.08. The van der Waals surface area contributed by atoms with Crippen molar-refractivity contribution in [3.8, 4) is 23.0 Å². The Morgan fingerprint density at radius 1 is 0.656 bits per heavy atom. The number of rotatable bonds is 12. The average Bonchev–Trinajstić information content (AvgIpc) is 2.75. The Bertz CT molecular complexity index is 596. The van der Waals surface area contributed by atoms with Crippen molar-refractivity contribution in [2.45, 2.75) is 20.3 Å². The van der Waals surface area contributed by atoms with Crippen molar-refractivity contribution in [2.24, 2.45) is 0 Å². The molecular formula is C23H34BrLiMgO6. The van der Waals surface area contributed by atoms with E-state index in [0.717, 1.165) is 35.8 Å². The minimum Gasteiger partial charge on any atom is -1.00 e. The standard InChI is InChI=1S/2C11H15O3.CH4.BrH.Li.Mg/c2*1-12-8-5-9-14-11-7-4-3-6-10(11)13-2;;;;/h2*3,6-7H,5,8-9H2,1-2H3;1H4;1H;;/q2*-1;;;+1;+2/p-1. The van der Waals surface area contributed by atoms with Crippen LogP contribution in [0.5, 0.6) is 23.0 Å². The van der Waals surface area contributed by atoms with Gasteiger partial charge in [0, 0.05) is 51.8 Å². The molecule has 0 saturated heterocycles. The third-order valence-electron chi connectivity index (χ3n) is 3.52. The summed E-state index contributed by atoms with van der Waals surface area (Å²) in [6.45, 7) is 2.67. The third kappa shape index (κ3) is 17.0. The Hall–Kier alpha value is -0.596. The van der Waals surface area contributed by atoms with Gasteiger partial charge in [-0.3, -0.25) is 0 Å². The molecule has 0 heterocycles. The molecule has 0 saturated carbocycles. The van der Waals surface area contributed by atoms with Crippen LogP contribution in [0.2, 0.25) is 0 Å². The van der Waals surface area contributed by atoms with Crippen LogP contribution in [0.4, 0.5) is 0 Å². The number of halogens is 1. The van der Waals surface area contributed by atoms with E-state index in [2.05, 4.69) is 12.1 Å². The van der Waals surface area contributed by atoms with Crippen LogP contribution in [0.15, 0.2) is 36.4 Å². The smallest absolute Gasteiger partial charge is 1.00 e. The Labute approximate surface area is 232 Å². The van der Waals surface area contributed by atoms with Gasteiger partial charge in [-0.25, -0.2) is 0 Å². The second-order valence-electron chi connectivity index (χ2n) is 5.54. The first-order chi connectivity index (χ1) is 13.8. The Morgan fingerprint density at radius 3 is 1.34 bits per heavy atom. The molecule has 0 amide bonds. The third-order valence-corrected chi connectivity index (χ3v) is 3.52. The molecule has 0 spiro atoms. The predicted octanol–water partition coefficient (Wildman–Crippen LogP) is -1.92. The molecule has 32 heavy (non-hydrogen) atoms. The summed E-state index contributed by atoms with van der Waals surface area (Å²) in [5.74, 6) is 2.93. The van der Waals surface area contributed by atoms with Gasteiger partial charge in [0.05, 0.1) is 38.9 Å². The summed E-state index contributed by atoms with van der Waals surface area (Å²) < 4.78 is 31.1. The quantitative estimate of drug-likeness (QED) is 0.186. The first kappa shape index (κ1) is 38.7. The van der Waals surface area contributed by atoms with Crippen LogP contribution < -0.4 is 54.8 Å². The van der Waals surface area contributed by atoms with Gasteiger partial charge in [0.2, 0.25) is 0 Å². The van der Waals surface area contributed by atoms with Crippen LogP contribution in [-0.2, 0) is 9.47 Å². The van der Waals surface area contributed by atoms with Gasteiger partial charge in [0.1, 0.15) is 0 Å². The molecule has 9 heteroatoms. The molecule has 172 valence electrons. The summed E-state index contributed by atoms with van der Waals surface area (Å²) >= 11 is 0. The minimum atomic E-state index is 0. The van der Waals surface area contributed by atoms with E-state index < -0.39 is 0 Å². The molecule has 0 aliphatic rings. The molecule has 0 aromatic heterocycles. The number of hydrogen-bond donors (Lipinski definition) is 0. The summed E-state index contributed by atoms with van der Waals surface area (Å²) in [7, 11) is 6.60. The van der Waals surface area contributed by atoms with Gasteiger partial charge < -0.3 is 45.4 Å². The van der Waals surface area contributed by atoms with Crippen LogP contribution in [0.1, 0.15) is 20.3 Å². The van der Waals surface area contributed by atoms with Gasteiger partial charge in [-0.05, 0) is 0 Å². The molecule has 0 fully saturated rings. The zero-order valence-corrected chi connectivity index (χ0v) is 22.2. The summed E-state index contributed by atoms with van der Waals surface area (Å²) in [6, 6.07) is 16.7. The van der Waals surface area contributed by atoms with Crippen molar-refractivity contribution >= 4 is 23.1 Å². The van der Waals surface area contributed by atoms with Crippen LogP contribution in [0, 0.1) is 12.1 Å². The fraction of sp³-hybridized carbons (Fsp3) is 0.478. The number of methoxy groups -OCH3 is 4. The van der Waals surface area contributed by atoms with E-state index in [0.29, 0.717) is 26.4 Å². The summed E-state index contributed by atoms with van der Waals surface area (Å²) in [6.07, 6.45) is 1.74. The van der Waals surface area contributed by atoms with Crippen LogP contribution in [-0.4, -0.2) is 77.9 Å². The maximum Gasteiger partial charge on any atom is 2.00 e. The predicted molar refractivity (Wildman–Crippen MR) is 120 cm³/mol. The molecule has 0 aliphatic carbocycles. The van der Waals surface area contributed by atoms with Crippen LogP contribution in [0.25, 0.3) is 0 Å². The molecule has 2 aromatic carbocycles. The van der Waals surface area contributed by atoms with Gasteiger partial charge in [0.25, 0.3) is 0 Å². The SMILES string of the molecule is C.COCCCOc1c[c-]ccc1OC.COCCCOc1c[c-]ccc1OC.[Br-].[Li+].[Mg+2]. The van der Waals surface area contributed by atoms with Crippen molar-refractivity contribution in [2.75, 3.05) is 54.9 Å². The molecule has 0 N–H and O–H groups in total. The topological polar surface area (TPSA) is 55.4 Å². The van der Waals surface area contributed by atoms with Gasteiger partial charge >= 0.3 is 41.9 Å². The van der Waals surface area contributed by atoms with E-state index in [4.69, 9.17) is 28.4 Å². The molecule has 0 radical (unpaired) electrons. The molecule has 0 atom stereocenters. The average molecular weight is 518 g/mol. The van der Waals surface area contributed by atoms with E-state index in [9.17, 15) is 0 Å². The van der Waals surface area contributed by atoms with E-state index in [1.165, 1.54) is 0 Å². The van der Waals surface area contributed by atoms with Crippen molar-refractivity contribution in [1.82, 2.24) is 0 Å². The van der Waals surface area contributed by atoms with E-state index in [1.807, 2.05) is 12.1 Å². The van der Waals surface area contributed by atoms with E-state index >= 15 is 0 Å². The zero-order valence-electron chi connectivity index (χ0n) is 19.2. The molecular weight excluding hydrogens is 483 g/mol. The summed E-state index contributed by atoms with van der Waals surface area (Å²) in [5, 5.41) is 0. The fourth-order valence-corrected chi connectivity index (χ4v) is 2.14. The molecule has 0 bridgehead atoms. The minimum absolute atomic E-state index is 0. The monoisotopic (exact) mass is 516 g/mol. The van der Waals surface area contributed by atoms with Gasteiger partial charge in [0.15, 0.2) is 0 Å². The normalized spacial score (nSPS) is 8.62. The van der Waals surface area contributed by atoms with E-state index in [1.54, 1.807) is 52.7 Å². The molecule has 2 aromatic rings. The van der Waals surface area contributed by atoms with Crippen molar-refractivity contribution in [3.63, 3.8) is 0 Å². The number of hydrogen-bond acceptors (Lipinski definition) is 6. The van der Waals surface area contributed by atoms with Gasteiger partial charge in [-0.15, -0.1) is 24.3 Å². The van der Waals surface area contributed by atoms with Crippen molar-refractivity contribution in [3.05, 3.63) is 48.5 Å². The Morgan fingerprint density at radius 2 is 1.03 bits per heavy atom. The van der Waals surface area contributed by atoms with Gasteiger partial charge in [-0.2, -0.15) is 24.3 Å². The molecule has 0 aliphatic heterocycles.